The minimum atomic E-state index is -3.57. The molecule has 2 heterocycles. The van der Waals surface area contributed by atoms with Crippen molar-refractivity contribution in [3.8, 4) is 0 Å². The summed E-state index contributed by atoms with van der Waals surface area (Å²) in [5.74, 6) is -0.534. The molecule has 2 aliphatic rings. The Morgan fingerprint density at radius 3 is 2.58 bits per heavy atom. The Kier molecular flexibility index (Phi) is 3.50. The van der Waals surface area contributed by atoms with Gasteiger partial charge in [-0.25, -0.2) is 12.8 Å². The first-order valence-electron chi connectivity index (χ1n) is 8.79. The smallest absolute Gasteiger partial charge is 0.182 e. The van der Waals surface area contributed by atoms with E-state index in [1.165, 1.54) is 12.1 Å². The third-order valence-corrected chi connectivity index (χ3v) is 7.60. The summed E-state index contributed by atoms with van der Waals surface area (Å²) < 4.78 is 42.3. The normalized spacial score (nSPS) is 20.9. The van der Waals surface area contributed by atoms with Crippen LogP contribution in [-0.2, 0) is 22.7 Å². The zero-order valence-corrected chi connectivity index (χ0v) is 15.6. The number of aryl methyl sites for hydroxylation is 1. The molecular weight excluding hydrogens is 373 g/mol. The van der Waals surface area contributed by atoms with E-state index in [9.17, 15) is 12.8 Å². The van der Waals surface area contributed by atoms with E-state index in [-0.39, 0.29) is 16.7 Å². The summed E-state index contributed by atoms with van der Waals surface area (Å²) in [6.07, 6.45) is 3.89. The van der Waals surface area contributed by atoms with Gasteiger partial charge in [0.05, 0.1) is 22.2 Å². The summed E-state index contributed by atoms with van der Waals surface area (Å²) >= 11 is 6.01. The Morgan fingerprint density at radius 1 is 1.08 bits per heavy atom. The van der Waals surface area contributed by atoms with Gasteiger partial charge in [0.1, 0.15) is 5.82 Å². The quantitative estimate of drug-likeness (QED) is 0.605. The van der Waals surface area contributed by atoms with Crippen LogP contribution in [0.4, 0.5) is 4.39 Å². The highest BCUT2D eigenvalue weighted by Gasteiger charge is 2.37. The summed E-state index contributed by atoms with van der Waals surface area (Å²) in [4.78, 5) is 0.132. The number of rotatable bonds is 1. The SMILES string of the molecule is O=S1(=O)C[C@@H](c2ccc(Cl)cc2)n2c3c(c4cc(F)cc1c42)CCCC3. The predicted octanol–water partition coefficient (Wildman–Crippen LogP) is 4.69. The zero-order chi connectivity index (χ0) is 18.1. The molecule has 3 aromatic rings. The molecule has 5 rings (SSSR count). The van der Waals surface area contributed by atoms with E-state index in [2.05, 4.69) is 4.57 Å². The van der Waals surface area contributed by atoms with E-state index in [4.69, 9.17) is 11.6 Å². The van der Waals surface area contributed by atoms with Gasteiger partial charge in [-0.3, -0.25) is 0 Å². The molecule has 134 valence electrons. The second kappa shape index (κ2) is 5.57. The number of halogens is 2. The van der Waals surface area contributed by atoms with Gasteiger partial charge in [-0.2, -0.15) is 0 Å². The van der Waals surface area contributed by atoms with Crippen molar-refractivity contribution in [2.75, 3.05) is 5.75 Å². The molecule has 0 saturated heterocycles. The van der Waals surface area contributed by atoms with Gasteiger partial charge in [0.25, 0.3) is 0 Å². The Hall–Kier alpha value is -1.85. The topological polar surface area (TPSA) is 39.1 Å². The molecule has 1 aliphatic carbocycles. The van der Waals surface area contributed by atoms with Crippen LogP contribution in [0.15, 0.2) is 41.3 Å². The van der Waals surface area contributed by atoms with Crippen molar-refractivity contribution in [1.29, 1.82) is 0 Å². The van der Waals surface area contributed by atoms with Crippen molar-refractivity contribution in [2.24, 2.45) is 0 Å². The number of benzene rings is 2. The Balaban J connectivity index is 1.89. The molecule has 0 fully saturated rings. The molecule has 6 heteroatoms. The standard InChI is InChI=1S/C20H17ClFNO2S/c21-13-7-5-12(6-8-13)18-11-26(24,25)19-10-14(22)9-16-15-3-1-2-4-17(15)23(18)20(16)19/h5-10,18H,1-4,11H2/t18-/m0/s1. The maximum absolute atomic E-state index is 14.2. The highest BCUT2D eigenvalue weighted by atomic mass is 35.5. The van der Waals surface area contributed by atoms with E-state index in [0.29, 0.717) is 10.5 Å². The Bertz CT molecular complexity index is 1150. The summed E-state index contributed by atoms with van der Waals surface area (Å²) in [5.41, 5.74) is 3.86. The molecule has 1 aromatic heterocycles. The zero-order valence-electron chi connectivity index (χ0n) is 14.0. The van der Waals surface area contributed by atoms with E-state index < -0.39 is 15.7 Å². The van der Waals surface area contributed by atoms with Gasteiger partial charge < -0.3 is 4.57 Å². The average molecular weight is 390 g/mol. The number of sulfone groups is 1. The number of fused-ring (bicyclic) bond motifs is 3. The van der Waals surface area contributed by atoms with Crippen LogP contribution in [0.5, 0.6) is 0 Å². The molecule has 0 bridgehead atoms. The molecule has 26 heavy (non-hydrogen) atoms. The van der Waals surface area contributed by atoms with Crippen LogP contribution < -0.4 is 0 Å². The molecule has 0 N–H and O–H groups in total. The van der Waals surface area contributed by atoms with Gasteiger partial charge in [-0.05, 0) is 61.1 Å². The monoisotopic (exact) mass is 389 g/mol. The van der Waals surface area contributed by atoms with E-state index in [1.54, 1.807) is 12.1 Å². The molecule has 2 aromatic carbocycles. The van der Waals surface area contributed by atoms with Crippen LogP contribution in [0.3, 0.4) is 0 Å². The molecule has 0 spiro atoms. The van der Waals surface area contributed by atoms with Crippen molar-refractivity contribution in [3.63, 3.8) is 0 Å². The number of hydrogen-bond donors (Lipinski definition) is 0. The summed E-state index contributed by atoms with van der Waals surface area (Å²) in [6.45, 7) is 0. The molecule has 0 saturated carbocycles. The van der Waals surface area contributed by atoms with Gasteiger partial charge in [-0.1, -0.05) is 23.7 Å². The lowest BCUT2D eigenvalue weighted by molar-refractivity contribution is 0.544. The molecular formula is C20H17ClFNO2S. The second-order valence-electron chi connectivity index (χ2n) is 7.15. The van der Waals surface area contributed by atoms with Crippen molar-refractivity contribution in [2.45, 2.75) is 36.6 Å². The van der Waals surface area contributed by atoms with Crippen molar-refractivity contribution in [1.82, 2.24) is 4.57 Å². The summed E-state index contributed by atoms with van der Waals surface area (Å²) in [7, 11) is -3.57. The summed E-state index contributed by atoms with van der Waals surface area (Å²) in [6, 6.07) is 9.72. The number of aromatic nitrogens is 1. The summed E-state index contributed by atoms with van der Waals surface area (Å²) in [5, 5.41) is 1.38. The molecule has 3 nitrogen and oxygen atoms in total. The third kappa shape index (κ3) is 2.26. The fourth-order valence-electron chi connectivity index (χ4n) is 4.52. The minimum absolute atomic E-state index is 0.0543. The van der Waals surface area contributed by atoms with Crippen LogP contribution in [-0.4, -0.2) is 18.7 Å². The van der Waals surface area contributed by atoms with Crippen LogP contribution in [0.2, 0.25) is 5.02 Å². The molecule has 1 aliphatic heterocycles. The van der Waals surface area contributed by atoms with Gasteiger partial charge in [0.15, 0.2) is 9.84 Å². The first-order valence-corrected chi connectivity index (χ1v) is 10.8. The second-order valence-corrected chi connectivity index (χ2v) is 9.59. The van der Waals surface area contributed by atoms with Crippen LogP contribution in [0.25, 0.3) is 10.9 Å². The average Bonchev–Trinajstić information content (AvgIpc) is 2.94. The highest BCUT2D eigenvalue weighted by molar-refractivity contribution is 7.91. The fourth-order valence-corrected chi connectivity index (χ4v) is 6.37. The fraction of sp³-hybridized carbons (Fsp3) is 0.300. The maximum atomic E-state index is 14.2. The van der Waals surface area contributed by atoms with E-state index >= 15 is 0 Å². The highest BCUT2D eigenvalue weighted by Crippen LogP contribution is 2.43. The van der Waals surface area contributed by atoms with Gasteiger partial charge >= 0.3 is 0 Å². The number of hydrogen-bond acceptors (Lipinski definition) is 2. The molecule has 0 unspecified atom stereocenters. The van der Waals surface area contributed by atoms with E-state index in [1.807, 2.05) is 12.1 Å². The lowest BCUT2D eigenvalue weighted by Gasteiger charge is -2.29. The van der Waals surface area contributed by atoms with Crippen molar-refractivity contribution < 1.29 is 12.8 Å². The van der Waals surface area contributed by atoms with Gasteiger partial charge in [0.2, 0.25) is 0 Å². The number of nitrogens with zero attached hydrogens (tertiary/aromatic N) is 1. The minimum Gasteiger partial charge on any atom is -0.335 e. The van der Waals surface area contributed by atoms with Crippen LogP contribution in [0.1, 0.15) is 35.7 Å². The van der Waals surface area contributed by atoms with Gasteiger partial charge in [-0.15, -0.1) is 0 Å². The third-order valence-electron chi connectivity index (χ3n) is 5.61. The Labute approximate surface area is 156 Å². The van der Waals surface area contributed by atoms with Crippen molar-refractivity contribution in [3.05, 3.63) is 64.1 Å². The first kappa shape index (κ1) is 16.3. The van der Waals surface area contributed by atoms with E-state index in [0.717, 1.165) is 47.9 Å². The Morgan fingerprint density at radius 2 is 1.81 bits per heavy atom. The first-order chi connectivity index (χ1) is 12.5. The molecule has 1 atom stereocenters. The molecule has 0 amide bonds. The lowest BCUT2D eigenvalue weighted by Crippen LogP contribution is -2.28. The largest absolute Gasteiger partial charge is 0.335 e. The molecule has 0 radical (unpaired) electrons. The lowest BCUT2D eigenvalue weighted by atomic mass is 9.95. The van der Waals surface area contributed by atoms with Crippen LogP contribution in [0, 0.1) is 5.82 Å². The van der Waals surface area contributed by atoms with Gasteiger partial charge in [0, 0.05) is 16.1 Å². The van der Waals surface area contributed by atoms with Crippen LogP contribution >= 0.6 is 11.6 Å². The maximum Gasteiger partial charge on any atom is 0.182 e. The predicted molar refractivity (Wildman–Crippen MR) is 100 cm³/mol. The van der Waals surface area contributed by atoms with Crippen molar-refractivity contribution >= 4 is 32.3 Å².